The second-order valence-corrected chi connectivity index (χ2v) is 3.44. The number of halogens is 1. The van der Waals surface area contributed by atoms with E-state index in [1.807, 2.05) is 0 Å². The van der Waals surface area contributed by atoms with Gasteiger partial charge in [-0.15, -0.1) is 0 Å². The Morgan fingerprint density at radius 1 is 1.43 bits per heavy atom. The van der Waals surface area contributed by atoms with Gasteiger partial charge in [0.05, 0.1) is 5.69 Å². The SMILES string of the molecule is Nc1ccc(Oc2nccs2)cc1F. The molecule has 3 nitrogen and oxygen atoms in total. The van der Waals surface area contributed by atoms with E-state index in [0.29, 0.717) is 10.9 Å². The highest BCUT2D eigenvalue weighted by molar-refractivity contribution is 7.11. The highest BCUT2D eigenvalue weighted by Crippen LogP contribution is 2.25. The number of ether oxygens (including phenoxy) is 1. The normalized spacial score (nSPS) is 10.1. The summed E-state index contributed by atoms with van der Waals surface area (Å²) in [4.78, 5) is 3.91. The Bertz CT molecular complexity index is 430. The maximum atomic E-state index is 13.0. The molecule has 1 aromatic carbocycles. The van der Waals surface area contributed by atoms with Gasteiger partial charge in [0, 0.05) is 17.6 Å². The Morgan fingerprint density at radius 2 is 2.29 bits per heavy atom. The predicted octanol–water partition coefficient (Wildman–Crippen LogP) is 2.66. The van der Waals surface area contributed by atoms with Crippen molar-refractivity contribution >= 4 is 17.0 Å². The number of nitrogens with two attached hydrogens (primary N) is 1. The molecule has 2 rings (SSSR count). The molecule has 0 amide bonds. The first-order valence-electron chi connectivity index (χ1n) is 3.88. The molecule has 0 spiro atoms. The summed E-state index contributed by atoms with van der Waals surface area (Å²) < 4.78 is 18.3. The number of nitrogen functional groups attached to an aromatic ring is 1. The van der Waals surface area contributed by atoms with Gasteiger partial charge in [-0.1, -0.05) is 11.3 Å². The van der Waals surface area contributed by atoms with Gasteiger partial charge in [0.15, 0.2) is 0 Å². The molecule has 0 atom stereocenters. The van der Waals surface area contributed by atoms with E-state index >= 15 is 0 Å². The first-order chi connectivity index (χ1) is 6.75. The van der Waals surface area contributed by atoms with Crippen molar-refractivity contribution in [2.24, 2.45) is 0 Å². The topological polar surface area (TPSA) is 48.1 Å². The molecule has 0 fully saturated rings. The third-order valence-corrected chi connectivity index (χ3v) is 2.23. The molecule has 0 aliphatic carbocycles. The minimum atomic E-state index is -0.487. The average molecular weight is 210 g/mol. The van der Waals surface area contributed by atoms with E-state index in [1.54, 1.807) is 17.6 Å². The fourth-order valence-corrected chi connectivity index (χ4v) is 1.44. The third kappa shape index (κ3) is 1.82. The van der Waals surface area contributed by atoms with Gasteiger partial charge in [0.1, 0.15) is 11.6 Å². The third-order valence-electron chi connectivity index (χ3n) is 1.59. The Kier molecular flexibility index (Phi) is 2.32. The molecule has 72 valence electrons. The number of nitrogens with zero attached hydrogens (tertiary/aromatic N) is 1. The van der Waals surface area contributed by atoms with Crippen LogP contribution >= 0.6 is 11.3 Å². The molecular weight excluding hydrogens is 203 g/mol. The van der Waals surface area contributed by atoms with Crippen LogP contribution in [0.15, 0.2) is 29.8 Å². The minimum Gasteiger partial charge on any atom is -0.431 e. The van der Waals surface area contributed by atoms with E-state index < -0.39 is 5.82 Å². The number of hydrogen-bond acceptors (Lipinski definition) is 4. The van der Waals surface area contributed by atoms with Gasteiger partial charge in [-0.2, -0.15) is 0 Å². The molecular formula is C9H7FN2OS. The van der Waals surface area contributed by atoms with Crippen molar-refractivity contribution in [2.45, 2.75) is 0 Å². The van der Waals surface area contributed by atoms with Gasteiger partial charge < -0.3 is 10.5 Å². The van der Waals surface area contributed by atoms with Crippen molar-refractivity contribution in [1.82, 2.24) is 4.98 Å². The zero-order valence-corrected chi connectivity index (χ0v) is 7.92. The highest BCUT2D eigenvalue weighted by Gasteiger charge is 2.03. The summed E-state index contributed by atoms with van der Waals surface area (Å²) in [5.41, 5.74) is 5.43. The second kappa shape index (κ2) is 3.63. The summed E-state index contributed by atoms with van der Waals surface area (Å²) in [7, 11) is 0. The first kappa shape index (κ1) is 8.96. The van der Waals surface area contributed by atoms with Gasteiger partial charge in [-0.25, -0.2) is 9.37 Å². The fourth-order valence-electron chi connectivity index (χ4n) is 0.933. The van der Waals surface area contributed by atoms with Crippen molar-refractivity contribution in [3.63, 3.8) is 0 Å². The predicted molar refractivity (Wildman–Crippen MR) is 53.0 cm³/mol. The summed E-state index contributed by atoms with van der Waals surface area (Å²) >= 11 is 1.34. The van der Waals surface area contributed by atoms with Crippen LogP contribution in [0.3, 0.4) is 0 Å². The standard InChI is InChI=1S/C9H7FN2OS/c10-7-5-6(1-2-8(7)11)13-9-12-3-4-14-9/h1-5H,11H2. The van der Waals surface area contributed by atoms with Crippen LogP contribution in [0.4, 0.5) is 10.1 Å². The zero-order valence-electron chi connectivity index (χ0n) is 7.11. The number of hydrogen-bond donors (Lipinski definition) is 1. The number of benzene rings is 1. The smallest absolute Gasteiger partial charge is 0.278 e. The maximum Gasteiger partial charge on any atom is 0.278 e. The molecule has 1 heterocycles. The van der Waals surface area contributed by atoms with E-state index in [4.69, 9.17) is 10.5 Å². The minimum absolute atomic E-state index is 0.108. The molecule has 2 N–H and O–H groups in total. The fraction of sp³-hybridized carbons (Fsp3) is 0. The van der Waals surface area contributed by atoms with Gasteiger partial charge in [-0.05, 0) is 12.1 Å². The maximum absolute atomic E-state index is 13.0. The summed E-state index contributed by atoms with van der Waals surface area (Å²) in [6.07, 6.45) is 1.62. The lowest BCUT2D eigenvalue weighted by Gasteiger charge is -2.02. The monoisotopic (exact) mass is 210 g/mol. The summed E-state index contributed by atoms with van der Waals surface area (Å²) in [6.45, 7) is 0. The number of anilines is 1. The van der Waals surface area contributed by atoms with Crippen LogP contribution in [0.5, 0.6) is 10.9 Å². The van der Waals surface area contributed by atoms with E-state index in [1.165, 1.54) is 23.5 Å². The van der Waals surface area contributed by atoms with E-state index in [-0.39, 0.29) is 5.69 Å². The van der Waals surface area contributed by atoms with Crippen molar-refractivity contribution in [2.75, 3.05) is 5.73 Å². The van der Waals surface area contributed by atoms with Crippen molar-refractivity contribution in [3.8, 4) is 10.9 Å². The molecule has 0 saturated heterocycles. The average Bonchev–Trinajstić information content (AvgIpc) is 2.64. The molecule has 0 radical (unpaired) electrons. The van der Waals surface area contributed by atoms with Gasteiger partial charge >= 0.3 is 0 Å². The summed E-state index contributed by atoms with van der Waals surface area (Å²) in [6, 6.07) is 4.29. The number of thiazole rings is 1. The van der Waals surface area contributed by atoms with E-state index in [9.17, 15) is 4.39 Å². The lowest BCUT2D eigenvalue weighted by Crippen LogP contribution is -1.91. The van der Waals surface area contributed by atoms with Crippen LogP contribution in [-0.2, 0) is 0 Å². The highest BCUT2D eigenvalue weighted by atomic mass is 32.1. The molecule has 14 heavy (non-hydrogen) atoms. The molecule has 0 aliphatic heterocycles. The zero-order chi connectivity index (χ0) is 9.97. The van der Waals surface area contributed by atoms with Crippen LogP contribution in [0.2, 0.25) is 0 Å². The Hall–Kier alpha value is -1.62. The first-order valence-corrected chi connectivity index (χ1v) is 4.76. The molecule has 0 aliphatic rings. The molecule has 1 aromatic heterocycles. The lowest BCUT2D eigenvalue weighted by molar-refractivity contribution is 0.473. The number of aromatic nitrogens is 1. The largest absolute Gasteiger partial charge is 0.431 e. The molecule has 0 bridgehead atoms. The van der Waals surface area contributed by atoms with Crippen molar-refractivity contribution in [1.29, 1.82) is 0 Å². The van der Waals surface area contributed by atoms with Crippen LogP contribution in [0, 0.1) is 5.82 Å². The van der Waals surface area contributed by atoms with Crippen LogP contribution < -0.4 is 10.5 Å². The van der Waals surface area contributed by atoms with Gasteiger partial charge in [0.25, 0.3) is 5.19 Å². The molecule has 0 saturated carbocycles. The Labute approximate surface area is 84.0 Å². The Balaban J connectivity index is 2.22. The van der Waals surface area contributed by atoms with E-state index in [2.05, 4.69) is 4.98 Å². The van der Waals surface area contributed by atoms with Crippen LogP contribution in [0.1, 0.15) is 0 Å². The number of rotatable bonds is 2. The van der Waals surface area contributed by atoms with Crippen molar-refractivity contribution in [3.05, 3.63) is 35.6 Å². The second-order valence-electron chi connectivity index (χ2n) is 2.58. The lowest BCUT2D eigenvalue weighted by atomic mass is 10.3. The summed E-state index contributed by atoms with van der Waals surface area (Å²) in [5, 5.41) is 2.26. The van der Waals surface area contributed by atoms with Crippen molar-refractivity contribution < 1.29 is 9.13 Å². The quantitative estimate of drug-likeness (QED) is 0.775. The Morgan fingerprint density at radius 3 is 2.93 bits per heavy atom. The molecule has 2 aromatic rings. The van der Waals surface area contributed by atoms with Gasteiger partial charge in [-0.3, -0.25) is 0 Å². The molecule has 5 heteroatoms. The van der Waals surface area contributed by atoms with Crippen LogP contribution in [-0.4, -0.2) is 4.98 Å². The van der Waals surface area contributed by atoms with E-state index in [0.717, 1.165) is 0 Å². The summed E-state index contributed by atoms with van der Waals surface area (Å²) in [5.74, 6) is -0.0919. The molecule has 0 unspecified atom stereocenters. The van der Waals surface area contributed by atoms with Crippen LogP contribution in [0.25, 0.3) is 0 Å². The van der Waals surface area contributed by atoms with Gasteiger partial charge in [0.2, 0.25) is 0 Å².